The van der Waals surface area contributed by atoms with Crippen LogP contribution in [0.5, 0.6) is 5.75 Å². The molecule has 0 spiro atoms. The van der Waals surface area contributed by atoms with Crippen LogP contribution >= 0.6 is 0 Å². The molecule has 20 heavy (non-hydrogen) atoms. The number of hydrogen-bond acceptors (Lipinski definition) is 1. The zero-order chi connectivity index (χ0) is 15.2. The van der Waals surface area contributed by atoms with Gasteiger partial charge in [-0.3, -0.25) is 0 Å². The van der Waals surface area contributed by atoms with Gasteiger partial charge in [-0.15, -0.1) is 0 Å². The first-order valence-corrected chi connectivity index (χ1v) is 7.09. The molecular formula is C16H23F3O. The van der Waals surface area contributed by atoms with Crippen LogP contribution in [0, 0.1) is 6.92 Å². The molecule has 4 heteroatoms. The second kappa shape index (κ2) is 7.55. The number of ether oxygens (including phenoxy) is 1. The van der Waals surface area contributed by atoms with Gasteiger partial charge in [-0.1, -0.05) is 26.0 Å². The lowest BCUT2D eigenvalue weighted by Crippen LogP contribution is -2.07. The van der Waals surface area contributed by atoms with Crippen molar-refractivity contribution in [3.63, 3.8) is 0 Å². The lowest BCUT2D eigenvalue weighted by molar-refractivity contribution is -0.135. The van der Waals surface area contributed by atoms with Crippen LogP contribution in [0.25, 0.3) is 0 Å². The third-order valence-electron chi connectivity index (χ3n) is 3.23. The summed E-state index contributed by atoms with van der Waals surface area (Å²) in [6.45, 7) is 6.73. The maximum Gasteiger partial charge on any atom is 0.389 e. The Bertz CT molecular complexity index is 411. The van der Waals surface area contributed by atoms with E-state index in [2.05, 4.69) is 19.9 Å². The van der Waals surface area contributed by atoms with Gasteiger partial charge in [-0.25, -0.2) is 0 Å². The molecule has 0 aliphatic carbocycles. The van der Waals surface area contributed by atoms with Crippen molar-refractivity contribution in [3.05, 3.63) is 29.3 Å². The van der Waals surface area contributed by atoms with Crippen molar-refractivity contribution in [2.45, 2.75) is 58.5 Å². The molecule has 1 aromatic carbocycles. The highest BCUT2D eigenvalue weighted by atomic mass is 19.4. The number of unbranched alkanes of at least 4 members (excludes halogenated alkanes) is 2. The summed E-state index contributed by atoms with van der Waals surface area (Å²) < 4.78 is 41.5. The van der Waals surface area contributed by atoms with Crippen LogP contribution in [0.2, 0.25) is 0 Å². The largest absolute Gasteiger partial charge is 0.493 e. The number of aryl methyl sites for hydroxylation is 1. The molecule has 0 fully saturated rings. The summed E-state index contributed by atoms with van der Waals surface area (Å²) in [5.41, 5.74) is 2.34. The predicted molar refractivity (Wildman–Crippen MR) is 75.3 cm³/mol. The van der Waals surface area contributed by atoms with E-state index in [1.54, 1.807) is 0 Å². The lowest BCUT2D eigenvalue weighted by Gasteiger charge is -2.12. The zero-order valence-electron chi connectivity index (χ0n) is 12.4. The molecule has 0 amide bonds. The fraction of sp³-hybridized carbons (Fsp3) is 0.625. The molecule has 0 aliphatic rings. The highest BCUT2D eigenvalue weighted by Gasteiger charge is 2.25. The molecule has 0 radical (unpaired) electrons. The van der Waals surface area contributed by atoms with E-state index in [1.807, 2.05) is 19.1 Å². The maximum atomic E-state index is 12.0. The minimum atomic E-state index is -4.04. The van der Waals surface area contributed by atoms with Gasteiger partial charge < -0.3 is 4.74 Å². The second-order valence-corrected chi connectivity index (χ2v) is 5.45. The molecule has 0 N–H and O–H groups in total. The van der Waals surface area contributed by atoms with Crippen LogP contribution in [-0.2, 0) is 0 Å². The fourth-order valence-corrected chi connectivity index (χ4v) is 1.98. The quantitative estimate of drug-likeness (QED) is 0.592. The Morgan fingerprint density at radius 1 is 1.10 bits per heavy atom. The van der Waals surface area contributed by atoms with E-state index in [0.717, 1.165) is 11.3 Å². The standard InChI is InChI=1S/C16H23F3O/c1-12(2)14-7-8-15(13(3)11-14)20-10-6-4-5-9-16(17,18)19/h7-8,11-12H,4-6,9-10H2,1-3H3. The van der Waals surface area contributed by atoms with E-state index in [0.29, 0.717) is 25.4 Å². The van der Waals surface area contributed by atoms with Crippen molar-refractivity contribution in [1.29, 1.82) is 0 Å². The molecular weight excluding hydrogens is 265 g/mol. The van der Waals surface area contributed by atoms with Crippen LogP contribution in [0.4, 0.5) is 13.2 Å². The average Bonchev–Trinajstić information content (AvgIpc) is 2.33. The molecule has 0 bridgehead atoms. The van der Waals surface area contributed by atoms with Gasteiger partial charge >= 0.3 is 6.18 Å². The Labute approximate surface area is 119 Å². The zero-order valence-corrected chi connectivity index (χ0v) is 12.4. The molecule has 114 valence electrons. The topological polar surface area (TPSA) is 9.23 Å². The molecule has 0 unspecified atom stereocenters. The smallest absolute Gasteiger partial charge is 0.389 e. The molecule has 0 saturated heterocycles. The van der Waals surface area contributed by atoms with Gasteiger partial charge in [0.1, 0.15) is 5.75 Å². The molecule has 0 atom stereocenters. The van der Waals surface area contributed by atoms with Gasteiger partial charge in [0.15, 0.2) is 0 Å². The van der Waals surface area contributed by atoms with E-state index < -0.39 is 12.6 Å². The van der Waals surface area contributed by atoms with Crippen molar-refractivity contribution in [2.24, 2.45) is 0 Å². The summed E-state index contributed by atoms with van der Waals surface area (Å²) in [6.07, 6.45) is -3.36. The maximum absolute atomic E-state index is 12.0. The van der Waals surface area contributed by atoms with Crippen LogP contribution in [0.15, 0.2) is 18.2 Å². The number of halogens is 3. The van der Waals surface area contributed by atoms with E-state index >= 15 is 0 Å². The van der Waals surface area contributed by atoms with Gasteiger partial charge in [0.25, 0.3) is 0 Å². The summed E-state index contributed by atoms with van der Waals surface area (Å²) in [7, 11) is 0. The summed E-state index contributed by atoms with van der Waals surface area (Å²) in [5, 5.41) is 0. The van der Waals surface area contributed by atoms with Gasteiger partial charge in [-0.2, -0.15) is 13.2 Å². The normalized spacial score (nSPS) is 11.9. The number of alkyl halides is 3. The lowest BCUT2D eigenvalue weighted by atomic mass is 10.0. The van der Waals surface area contributed by atoms with E-state index in [9.17, 15) is 13.2 Å². The first-order valence-electron chi connectivity index (χ1n) is 7.09. The second-order valence-electron chi connectivity index (χ2n) is 5.45. The van der Waals surface area contributed by atoms with Crippen LogP contribution in [0.3, 0.4) is 0 Å². The third-order valence-corrected chi connectivity index (χ3v) is 3.23. The summed E-state index contributed by atoms with van der Waals surface area (Å²) in [4.78, 5) is 0. The molecule has 1 nitrogen and oxygen atoms in total. The molecule has 1 aromatic rings. The monoisotopic (exact) mass is 288 g/mol. The summed E-state index contributed by atoms with van der Waals surface area (Å²) >= 11 is 0. The number of hydrogen-bond donors (Lipinski definition) is 0. The molecule has 0 aliphatic heterocycles. The summed E-state index contributed by atoms with van der Waals surface area (Å²) in [5.74, 6) is 1.30. The van der Waals surface area contributed by atoms with Gasteiger partial charge in [0, 0.05) is 6.42 Å². The van der Waals surface area contributed by atoms with Gasteiger partial charge in [-0.05, 0) is 49.3 Å². The minimum Gasteiger partial charge on any atom is -0.493 e. The average molecular weight is 288 g/mol. The van der Waals surface area contributed by atoms with Crippen LogP contribution < -0.4 is 4.74 Å². The van der Waals surface area contributed by atoms with Crippen molar-refractivity contribution >= 4 is 0 Å². The SMILES string of the molecule is Cc1cc(C(C)C)ccc1OCCCCCC(F)(F)F. The predicted octanol–water partition coefficient (Wildman–Crippen LogP) is 5.62. The molecule has 0 heterocycles. The first-order chi connectivity index (χ1) is 9.29. The van der Waals surface area contributed by atoms with Crippen molar-refractivity contribution < 1.29 is 17.9 Å². The van der Waals surface area contributed by atoms with E-state index in [4.69, 9.17) is 4.74 Å². The summed E-state index contributed by atoms with van der Waals surface area (Å²) in [6, 6.07) is 6.08. The Kier molecular flexibility index (Phi) is 6.37. The van der Waals surface area contributed by atoms with Crippen molar-refractivity contribution in [2.75, 3.05) is 6.61 Å². The number of rotatable bonds is 7. The highest BCUT2D eigenvalue weighted by Crippen LogP contribution is 2.24. The highest BCUT2D eigenvalue weighted by molar-refractivity contribution is 5.37. The van der Waals surface area contributed by atoms with Gasteiger partial charge in [0.2, 0.25) is 0 Å². The van der Waals surface area contributed by atoms with Crippen LogP contribution in [0.1, 0.15) is 56.6 Å². The minimum absolute atomic E-state index is 0.179. The van der Waals surface area contributed by atoms with E-state index in [-0.39, 0.29) is 6.42 Å². The van der Waals surface area contributed by atoms with Crippen LogP contribution in [-0.4, -0.2) is 12.8 Å². The Hall–Kier alpha value is -1.19. The Balaban J connectivity index is 2.29. The number of benzene rings is 1. The molecule has 0 aromatic heterocycles. The van der Waals surface area contributed by atoms with E-state index in [1.165, 1.54) is 5.56 Å². The fourth-order valence-electron chi connectivity index (χ4n) is 1.98. The molecule has 1 rings (SSSR count). The Morgan fingerprint density at radius 2 is 1.80 bits per heavy atom. The van der Waals surface area contributed by atoms with Crippen molar-refractivity contribution in [3.8, 4) is 5.75 Å². The molecule has 0 saturated carbocycles. The third kappa shape index (κ3) is 6.31. The van der Waals surface area contributed by atoms with Crippen molar-refractivity contribution in [1.82, 2.24) is 0 Å². The Morgan fingerprint density at radius 3 is 2.35 bits per heavy atom. The van der Waals surface area contributed by atoms with Gasteiger partial charge in [0.05, 0.1) is 6.61 Å². The first kappa shape index (κ1) is 16.9.